The molecule has 21 heavy (non-hydrogen) atoms. The third kappa shape index (κ3) is 5.90. The fraction of sp³-hybridized carbons (Fsp3) is 0.235. The lowest BCUT2D eigenvalue weighted by atomic mass is 10.1. The lowest BCUT2D eigenvalue weighted by Gasteiger charge is -2.06. The molecule has 0 aliphatic rings. The van der Waals surface area contributed by atoms with Crippen LogP contribution >= 0.6 is 27.5 Å². The van der Waals surface area contributed by atoms with Crippen LogP contribution in [0.2, 0.25) is 5.02 Å². The van der Waals surface area contributed by atoms with Gasteiger partial charge in [-0.3, -0.25) is 4.79 Å². The monoisotopic (exact) mass is 365 g/mol. The molecule has 0 saturated carbocycles. The quantitative estimate of drug-likeness (QED) is 0.755. The Morgan fingerprint density at radius 3 is 2.57 bits per heavy atom. The highest BCUT2D eigenvalue weighted by Gasteiger charge is 2.03. The van der Waals surface area contributed by atoms with Crippen LogP contribution in [0.25, 0.3) is 0 Å². The van der Waals surface area contributed by atoms with Gasteiger partial charge in [0.25, 0.3) is 0 Å². The van der Waals surface area contributed by atoms with Crippen molar-refractivity contribution in [3.05, 3.63) is 69.2 Å². The lowest BCUT2D eigenvalue weighted by molar-refractivity contribution is -0.120. The van der Waals surface area contributed by atoms with Crippen molar-refractivity contribution >= 4 is 33.4 Å². The number of amides is 1. The van der Waals surface area contributed by atoms with Crippen molar-refractivity contribution in [2.45, 2.75) is 19.3 Å². The van der Waals surface area contributed by atoms with Crippen molar-refractivity contribution in [3.8, 4) is 0 Å². The van der Waals surface area contributed by atoms with E-state index in [-0.39, 0.29) is 5.91 Å². The topological polar surface area (TPSA) is 29.1 Å². The Balaban J connectivity index is 1.68. The molecule has 0 radical (unpaired) electrons. The molecule has 2 aromatic carbocycles. The van der Waals surface area contributed by atoms with Gasteiger partial charge in [0.15, 0.2) is 0 Å². The number of carbonyl (C=O) groups is 1. The molecule has 0 unspecified atom stereocenters. The van der Waals surface area contributed by atoms with E-state index in [1.807, 2.05) is 48.5 Å². The smallest absolute Gasteiger partial charge is 0.224 e. The van der Waals surface area contributed by atoms with E-state index in [2.05, 4.69) is 21.2 Å². The van der Waals surface area contributed by atoms with Crippen LogP contribution in [0.4, 0.5) is 0 Å². The van der Waals surface area contributed by atoms with E-state index in [4.69, 9.17) is 11.6 Å². The van der Waals surface area contributed by atoms with Gasteiger partial charge in [0, 0.05) is 16.0 Å². The molecule has 0 atom stereocenters. The second kappa shape index (κ2) is 8.20. The van der Waals surface area contributed by atoms with Gasteiger partial charge in [-0.25, -0.2) is 0 Å². The van der Waals surface area contributed by atoms with E-state index >= 15 is 0 Å². The van der Waals surface area contributed by atoms with E-state index in [1.54, 1.807) is 0 Å². The molecule has 4 heteroatoms. The summed E-state index contributed by atoms with van der Waals surface area (Å²) < 4.78 is 0.996. The first-order valence-corrected chi connectivity index (χ1v) is 8.06. The molecule has 0 aliphatic heterocycles. The molecule has 0 aliphatic carbocycles. The summed E-state index contributed by atoms with van der Waals surface area (Å²) in [4.78, 5) is 11.8. The first-order chi connectivity index (χ1) is 10.1. The van der Waals surface area contributed by atoms with Crippen molar-refractivity contribution in [2.75, 3.05) is 6.54 Å². The summed E-state index contributed by atoms with van der Waals surface area (Å²) in [6.45, 7) is 0.690. The average molecular weight is 367 g/mol. The Morgan fingerprint density at radius 2 is 1.86 bits per heavy atom. The summed E-state index contributed by atoms with van der Waals surface area (Å²) >= 11 is 9.25. The summed E-state index contributed by atoms with van der Waals surface area (Å²) in [6.07, 6.45) is 2.28. The van der Waals surface area contributed by atoms with Crippen LogP contribution in [-0.4, -0.2) is 12.5 Å². The highest BCUT2D eigenvalue weighted by atomic mass is 79.9. The predicted octanol–water partition coefficient (Wildman–Crippen LogP) is 4.39. The molecule has 1 amide bonds. The minimum Gasteiger partial charge on any atom is -0.356 e. The number of hydrogen-bond donors (Lipinski definition) is 1. The second-order valence-electron chi connectivity index (χ2n) is 4.89. The third-order valence-electron chi connectivity index (χ3n) is 3.13. The van der Waals surface area contributed by atoms with E-state index < -0.39 is 0 Å². The summed E-state index contributed by atoms with van der Waals surface area (Å²) in [6, 6.07) is 15.6. The highest BCUT2D eigenvalue weighted by molar-refractivity contribution is 9.10. The Bertz CT molecular complexity index is 598. The van der Waals surface area contributed by atoms with Gasteiger partial charge < -0.3 is 5.32 Å². The van der Waals surface area contributed by atoms with E-state index in [9.17, 15) is 4.79 Å². The molecule has 0 saturated heterocycles. The fourth-order valence-corrected chi connectivity index (χ4v) is 2.64. The summed E-state index contributed by atoms with van der Waals surface area (Å²) in [5.41, 5.74) is 2.25. The normalized spacial score (nSPS) is 10.4. The number of aryl methyl sites for hydroxylation is 1. The molecule has 0 aromatic heterocycles. The molecule has 2 rings (SSSR count). The Morgan fingerprint density at radius 1 is 1.10 bits per heavy atom. The SMILES string of the molecule is O=C(Cc1cccc(Br)c1)NCCCc1ccc(Cl)cc1. The molecule has 2 aromatic rings. The number of carbonyl (C=O) groups excluding carboxylic acids is 1. The van der Waals surface area contributed by atoms with Crippen LogP contribution in [0.5, 0.6) is 0 Å². The summed E-state index contributed by atoms with van der Waals surface area (Å²) in [5.74, 6) is 0.0595. The van der Waals surface area contributed by atoms with E-state index in [0.29, 0.717) is 13.0 Å². The molecule has 2 nitrogen and oxygen atoms in total. The molecule has 110 valence electrons. The average Bonchev–Trinajstić information content (AvgIpc) is 2.45. The number of halogens is 2. The minimum atomic E-state index is 0.0595. The Labute approximate surface area is 138 Å². The first-order valence-electron chi connectivity index (χ1n) is 6.89. The number of hydrogen-bond acceptors (Lipinski definition) is 1. The van der Waals surface area contributed by atoms with Crippen molar-refractivity contribution < 1.29 is 4.79 Å². The van der Waals surface area contributed by atoms with Gasteiger partial charge in [-0.2, -0.15) is 0 Å². The second-order valence-corrected chi connectivity index (χ2v) is 6.24. The largest absolute Gasteiger partial charge is 0.356 e. The molecular weight excluding hydrogens is 350 g/mol. The fourth-order valence-electron chi connectivity index (χ4n) is 2.07. The van der Waals surface area contributed by atoms with Crippen LogP contribution in [0.1, 0.15) is 17.5 Å². The van der Waals surface area contributed by atoms with Crippen molar-refractivity contribution in [2.24, 2.45) is 0 Å². The predicted molar refractivity (Wildman–Crippen MR) is 90.6 cm³/mol. The van der Waals surface area contributed by atoms with Gasteiger partial charge in [-0.15, -0.1) is 0 Å². The van der Waals surface area contributed by atoms with Crippen molar-refractivity contribution in [1.29, 1.82) is 0 Å². The Hall–Kier alpha value is -1.32. The molecule has 0 bridgehead atoms. The van der Waals surface area contributed by atoms with Crippen molar-refractivity contribution in [3.63, 3.8) is 0 Å². The zero-order valence-electron chi connectivity index (χ0n) is 11.6. The minimum absolute atomic E-state index is 0.0595. The van der Waals surface area contributed by atoms with Crippen molar-refractivity contribution in [1.82, 2.24) is 5.32 Å². The van der Waals surface area contributed by atoms with Crippen LogP contribution in [-0.2, 0) is 17.6 Å². The zero-order chi connectivity index (χ0) is 15.1. The number of nitrogens with one attached hydrogen (secondary N) is 1. The standard InChI is InChI=1S/C17H17BrClNO/c18-15-5-1-3-14(11-15)12-17(21)20-10-2-4-13-6-8-16(19)9-7-13/h1,3,5-9,11H,2,4,10,12H2,(H,20,21). The van der Waals surface area contributed by atoms with Gasteiger partial charge in [0.05, 0.1) is 6.42 Å². The van der Waals surface area contributed by atoms with Gasteiger partial charge in [-0.05, 0) is 48.2 Å². The number of benzene rings is 2. The third-order valence-corrected chi connectivity index (χ3v) is 3.88. The van der Waals surface area contributed by atoms with E-state index in [1.165, 1.54) is 5.56 Å². The van der Waals surface area contributed by atoms with Gasteiger partial charge in [-0.1, -0.05) is 51.8 Å². The maximum atomic E-state index is 11.8. The molecule has 0 heterocycles. The van der Waals surface area contributed by atoms with Crippen LogP contribution < -0.4 is 5.32 Å². The molecule has 0 fully saturated rings. The van der Waals surface area contributed by atoms with Gasteiger partial charge in [0.1, 0.15) is 0 Å². The summed E-state index contributed by atoms with van der Waals surface area (Å²) in [5, 5.41) is 3.70. The van der Waals surface area contributed by atoms with E-state index in [0.717, 1.165) is 27.9 Å². The zero-order valence-corrected chi connectivity index (χ0v) is 14.0. The number of rotatable bonds is 6. The highest BCUT2D eigenvalue weighted by Crippen LogP contribution is 2.12. The lowest BCUT2D eigenvalue weighted by Crippen LogP contribution is -2.26. The molecular formula is C17H17BrClNO. The molecule has 0 spiro atoms. The van der Waals surface area contributed by atoms with Crippen LogP contribution in [0.15, 0.2) is 53.0 Å². The van der Waals surface area contributed by atoms with Crippen LogP contribution in [0.3, 0.4) is 0 Å². The maximum absolute atomic E-state index is 11.8. The summed E-state index contributed by atoms with van der Waals surface area (Å²) in [7, 11) is 0. The van der Waals surface area contributed by atoms with Gasteiger partial charge in [0.2, 0.25) is 5.91 Å². The Kier molecular flexibility index (Phi) is 6.27. The first kappa shape index (κ1) is 16.1. The van der Waals surface area contributed by atoms with Gasteiger partial charge >= 0.3 is 0 Å². The molecule has 1 N–H and O–H groups in total. The van der Waals surface area contributed by atoms with Crippen LogP contribution in [0, 0.1) is 0 Å². The maximum Gasteiger partial charge on any atom is 0.224 e.